The Labute approximate surface area is 83.0 Å². The summed E-state index contributed by atoms with van der Waals surface area (Å²) in [4.78, 5) is 0. The second kappa shape index (κ2) is 3.28. The van der Waals surface area contributed by atoms with Gasteiger partial charge in [-0.2, -0.15) is 0 Å². The van der Waals surface area contributed by atoms with Crippen LogP contribution in [0.4, 0.5) is 13.2 Å². The van der Waals surface area contributed by atoms with Crippen molar-refractivity contribution < 1.29 is 13.2 Å². The highest BCUT2D eigenvalue weighted by Gasteiger charge is 2.13. The van der Waals surface area contributed by atoms with Crippen molar-refractivity contribution in [2.75, 3.05) is 0 Å². The summed E-state index contributed by atoms with van der Waals surface area (Å²) < 4.78 is 38.7. The van der Waals surface area contributed by atoms with Crippen LogP contribution >= 0.6 is 11.3 Å². The summed E-state index contributed by atoms with van der Waals surface area (Å²) in [7, 11) is 0. The maximum absolute atomic E-state index is 13.1. The fraction of sp³-hybridized carbons (Fsp3) is 0.200. The number of hydrogen-bond donors (Lipinski definition) is 0. The molecule has 0 spiro atoms. The van der Waals surface area contributed by atoms with Crippen molar-refractivity contribution in [2.45, 2.75) is 13.3 Å². The molecule has 0 aliphatic rings. The first kappa shape index (κ1) is 9.52. The van der Waals surface area contributed by atoms with Crippen molar-refractivity contribution in [2.24, 2.45) is 0 Å². The molecule has 0 atom stereocenters. The van der Waals surface area contributed by atoms with E-state index in [4.69, 9.17) is 0 Å². The molecule has 2 aromatic rings. The summed E-state index contributed by atoms with van der Waals surface area (Å²) in [6.07, 6.45) is -2.54. The molecule has 0 saturated heterocycles. The van der Waals surface area contributed by atoms with Crippen LogP contribution in [0.15, 0.2) is 17.5 Å². The van der Waals surface area contributed by atoms with Gasteiger partial charge in [-0.15, -0.1) is 11.3 Å². The van der Waals surface area contributed by atoms with Gasteiger partial charge in [-0.3, -0.25) is 0 Å². The molecule has 14 heavy (non-hydrogen) atoms. The topological polar surface area (TPSA) is 0 Å². The minimum absolute atomic E-state index is 0.0881. The number of rotatable bonds is 1. The van der Waals surface area contributed by atoms with Crippen LogP contribution in [0.25, 0.3) is 10.1 Å². The van der Waals surface area contributed by atoms with Crippen molar-refractivity contribution in [1.82, 2.24) is 0 Å². The van der Waals surface area contributed by atoms with E-state index >= 15 is 0 Å². The second-order valence-electron chi connectivity index (χ2n) is 3.09. The number of fused-ring (bicyclic) bond motifs is 1. The molecule has 0 unspecified atom stereocenters. The normalized spacial score (nSPS) is 11.5. The molecule has 2 rings (SSSR count). The number of halogens is 3. The monoisotopic (exact) mass is 216 g/mol. The molecule has 0 amide bonds. The van der Waals surface area contributed by atoms with Crippen molar-refractivity contribution >= 4 is 21.4 Å². The van der Waals surface area contributed by atoms with Gasteiger partial charge in [-0.25, -0.2) is 13.2 Å². The van der Waals surface area contributed by atoms with E-state index in [9.17, 15) is 13.2 Å². The van der Waals surface area contributed by atoms with Gasteiger partial charge in [0, 0.05) is 21.0 Å². The zero-order valence-electron chi connectivity index (χ0n) is 7.35. The summed E-state index contributed by atoms with van der Waals surface area (Å²) >= 11 is 1.23. The second-order valence-corrected chi connectivity index (χ2v) is 4.00. The number of benzene rings is 1. The third-order valence-electron chi connectivity index (χ3n) is 2.15. The van der Waals surface area contributed by atoms with Crippen LogP contribution < -0.4 is 0 Å². The molecule has 0 fully saturated rings. The van der Waals surface area contributed by atoms with Gasteiger partial charge in [0.1, 0.15) is 5.82 Å². The quantitative estimate of drug-likeness (QED) is 0.667. The van der Waals surface area contributed by atoms with Crippen molar-refractivity contribution in [1.29, 1.82) is 0 Å². The molecule has 0 N–H and O–H groups in total. The first-order valence-electron chi connectivity index (χ1n) is 4.05. The third-order valence-corrected chi connectivity index (χ3v) is 3.07. The van der Waals surface area contributed by atoms with Crippen LogP contribution in [0.1, 0.15) is 17.6 Å². The Morgan fingerprint density at radius 2 is 2.00 bits per heavy atom. The largest absolute Gasteiger partial charge is 0.264 e. The lowest BCUT2D eigenvalue weighted by Gasteiger charge is -2.04. The molecule has 0 nitrogen and oxygen atoms in total. The molecule has 0 aliphatic heterocycles. The van der Waals surface area contributed by atoms with Crippen LogP contribution in [0.5, 0.6) is 0 Å². The van der Waals surface area contributed by atoms with Gasteiger partial charge in [0.25, 0.3) is 6.43 Å². The van der Waals surface area contributed by atoms with Gasteiger partial charge in [0.15, 0.2) is 0 Å². The Hall–Kier alpha value is -1.03. The van der Waals surface area contributed by atoms with E-state index < -0.39 is 12.2 Å². The molecule has 1 aromatic carbocycles. The lowest BCUT2D eigenvalue weighted by Crippen LogP contribution is -1.88. The lowest BCUT2D eigenvalue weighted by molar-refractivity contribution is 0.151. The van der Waals surface area contributed by atoms with E-state index in [0.29, 0.717) is 10.3 Å². The summed E-state index contributed by atoms with van der Waals surface area (Å²) in [5, 5.41) is 1.62. The summed E-state index contributed by atoms with van der Waals surface area (Å²) in [6, 6.07) is 2.84. The highest BCUT2D eigenvalue weighted by atomic mass is 32.1. The van der Waals surface area contributed by atoms with Crippen LogP contribution in [-0.2, 0) is 0 Å². The highest BCUT2D eigenvalue weighted by molar-refractivity contribution is 7.17. The molecule has 0 aliphatic carbocycles. The third kappa shape index (κ3) is 1.39. The Balaban J connectivity index is 2.74. The molecular formula is C10H7F3S. The highest BCUT2D eigenvalue weighted by Crippen LogP contribution is 2.31. The smallest absolute Gasteiger partial charge is 0.205 e. The maximum atomic E-state index is 13.1. The Bertz CT molecular complexity index is 473. The van der Waals surface area contributed by atoms with Crippen molar-refractivity contribution in [3.63, 3.8) is 0 Å². The van der Waals surface area contributed by atoms with Gasteiger partial charge >= 0.3 is 0 Å². The number of thiophene rings is 1. The predicted molar refractivity (Wildman–Crippen MR) is 51.5 cm³/mol. The zero-order chi connectivity index (χ0) is 10.3. The van der Waals surface area contributed by atoms with E-state index in [1.807, 2.05) is 0 Å². The standard InChI is InChI=1S/C10H7F3S/c1-5-2-9-7(8(11)4-14-9)3-6(5)10(12)13/h2-4,10H,1H3. The zero-order valence-corrected chi connectivity index (χ0v) is 8.17. The molecular weight excluding hydrogens is 209 g/mol. The average molecular weight is 216 g/mol. The van der Waals surface area contributed by atoms with Crippen molar-refractivity contribution in [3.05, 3.63) is 34.5 Å². The average Bonchev–Trinajstić information content (AvgIpc) is 2.46. The molecule has 74 valence electrons. The van der Waals surface area contributed by atoms with E-state index in [2.05, 4.69) is 0 Å². The van der Waals surface area contributed by atoms with Crippen LogP contribution in [0.3, 0.4) is 0 Å². The minimum Gasteiger partial charge on any atom is -0.205 e. The summed E-state index contributed by atoms with van der Waals surface area (Å²) in [6.45, 7) is 1.61. The van der Waals surface area contributed by atoms with E-state index in [1.165, 1.54) is 22.8 Å². The Morgan fingerprint density at radius 3 is 2.64 bits per heavy atom. The Morgan fingerprint density at radius 1 is 1.29 bits per heavy atom. The molecule has 1 aromatic heterocycles. The van der Waals surface area contributed by atoms with Gasteiger partial charge in [0.05, 0.1) is 0 Å². The molecule has 4 heteroatoms. The lowest BCUT2D eigenvalue weighted by atomic mass is 10.1. The van der Waals surface area contributed by atoms with E-state index in [-0.39, 0.29) is 10.9 Å². The maximum Gasteiger partial charge on any atom is 0.264 e. The van der Waals surface area contributed by atoms with Crippen LogP contribution in [0.2, 0.25) is 0 Å². The van der Waals surface area contributed by atoms with Crippen molar-refractivity contribution in [3.8, 4) is 0 Å². The SMILES string of the molecule is Cc1cc2scc(F)c2cc1C(F)F. The Kier molecular flexibility index (Phi) is 2.23. The predicted octanol–water partition coefficient (Wildman–Crippen LogP) is 4.29. The minimum atomic E-state index is -2.54. The van der Waals surface area contributed by atoms with E-state index in [0.717, 1.165) is 0 Å². The number of aryl methyl sites for hydroxylation is 1. The molecule has 0 bridgehead atoms. The molecule has 0 saturated carbocycles. The molecule has 1 heterocycles. The fourth-order valence-electron chi connectivity index (χ4n) is 1.40. The summed E-state index contributed by atoms with van der Waals surface area (Å²) in [5.74, 6) is -0.424. The van der Waals surface area contributed by atoms with Gasteiger partial charge in [-0.1, -0.05) is 0 Å². The van der Waals surface area contributed by atoms with Gasteiger partial charge < -0.3 is 0 Å². The van der Waals surface area contributed by atoms with E-state index in [1.54, 1.807) is 13.0 Å². The first-order valence-corrected chi connectivity index (χ1v) is 4.93. The van der Waals surface area contributed by atoms with Gasteiger partial charge in [-0.05, 0) is 24.6 Å². The van der Waals surface area contributed by atoms with Gasteiger partial charge in [0.2, 0.25) is 0 Å². The summed E-state index contributed by atoms with van der Waals surface area (Å²) in [5.41, 5.74) is 0.421. The first-order chi connectivity index (χ1) is 6.59. The van der Waals surface area contributed by atoms with Crippen LogP contribution in [-0.4, -0.2) is 0 Å². The fourth-order valence-corrected chi connectivity index (χ4v) is 2.28. The number of hydrogen-bond acceptors (Lipinski definition) is 1. The molecule has 0 radical (unpaired) electrons. The van der Waals surface area contributed by atoms with Crippen LogP contribution in [0, 0.1) is 12.7 Å². The number of alkyl halides is 2.